The maximum Gasteiger partial charge on any atom is 0.341 e. The average Bonchev–Trinajstić information content (AvgIpc) is 2.72. The van der Waals surface area contributed by atoms with E-state index < -0.39 is 5.97 Å². The Labute approximate surface area is 120 Å². The van der Waals surface area contributed by atoms with Gasteiger partial charge in [-0.3, -0.25) is 0 Å². The maximum atomic E-state index is 10.4. The predicted octanol–water partition coefficient (Wildman–Crippen LogP) is 2.96. The molecule has 0 heterocycles. The molecule has 0 spiro atoms. The monoisotopic (exact) mass is 277 g/mol. The number of aliphatic carboxylic acids is 1. The number of hydrogen-bond acceptors (Lipinski definition) is 3. The van der Waals surface area contributed by atoms with Crippen molar-refractivity contribution in [2.45, 2.75) is 51.1 Å². The summed E-state index contributed by atoms with van der Waals surface area (Å²) in [5, 5.41) is 12.2. The third-order valence-electron chi connectivity index (χ3n) is 3.74. The molecule has 0 saturated heterocycles. The van der Waals surface area contributed by atoms with E-state index >= 15 is 0 Å². The van der Waals surface area contributed by atoms with Gasteiger partial charge in [0.2, 0.25) is 0 Å². The van der Waals surface area contributed by atoms with Gasteiger partial charge in [0.25, 0.3) is 0 Å². The number of benzene rings is 1. The van der Waals surface area contributed by atoms with Crippen LogP contribution in [0.5, 0.6) is 5.75 Å². The van der Waals surface area contributed by atoms with Gasteiger partial charge in [-0.15, -0.1) is 0 Å². The van der Waals surface area contributed by atoms with Crippen LogP contribution in [0.1, 0.15) is 44.1 Å². The van der Waals surface area contributed by atoms with E-state index in [0.717, 1.165) is 6.54 Å². The zero-order valence-electron chi connectivity index (χ0n) is 11.8. The quantitative estimate of drug-likeness (QED) is 0.785. The van der Waals surface area contributed by atoms with Crippen molar-refractivity contribution in [3.05, 3.63) is 29.8 Å². The van der Waals surface area contributed by atoms with Gasteiger partial charge in [-0.05, 0) is 30.5 Å². The van der Waals surface area contributed by atoms with E-state index in [1.54, 1.807) is 0 Å². The molecule has 1 aliphatic rings. The van der Waals surface area contributed by atoms with Crippen molar-refractivity contribution >= 4 is 5.97 Å². The molecule has 1 aromatic rings. The number of ether oxygens (including phenoxy) is 1. The normalized spacial score (nSPS) is 16.6. The van der Waals surface area contributed by atoms with Crippen molar-refractivity contribution in [1.82, 2.24) is 5.32 Å². The number of nitrogens with one attached hydrogen (secondary N) is 1. The predicted molar refractivity (Wildman–Crippen MR) is 77.9 cm³/mol. The highest BCUT2D eigenvalue weighted by atomic mass is 16.5. The molecule has 1 aromatic carbocycles. The Kier molecular flexibility index (Phi) is 5.87. The first-order chi connectivity index (χ1) is 9.74. The molecule has 1 fully saturated rings. The van der Waals surface area contributed by atoms with E-state index in [0.29, 0.717) is 11.8 Å². The van der Waals surface area contributed by atoms with Crippen LogP contribution >= 0.6 is 0 Å². The summed E-state index contributed by atoms with van der Waals surface area (Å²) in [5.41, 5.74) is 1.21. The highest BCUT2D eigenvalue weighted by molar-refractivity contribution is 5.68. The van der Waals surface area contributed by atoms with Crippen molar-refractivity contribution in [3.63, 3.8) is 0 Å². The fourth-order valence-corrected chi connectivity index (χ4v) is 2.59. The van der Waals surface area contributed by atoms with E-state index in [4.69, 9.17) is 9.84 Å². The van der Waals surface area contributed by atoms with Crippen LogP contribution in [0.2, 0.25) is 0 Å². The van der Waals surface area contributed by atoms with Gasteiger partial charge >= 0.3 is 5.97 Å². The molecule has 0 atom stereocenters. The van der Waals surface area contributed by atoms with E-state index in [2.05, 4.69) is 5.32 Å². The molecule has 0 amide bonds. The number of carboxylic acid groups (broad SMARTS) is 1. The number of carbonyl (C=O) groups is 1. The fraction of sp³-hybridized carbons (Fsp3) is 0.562. The SMILES string of the molecule is O=C(O)COc1ccc(CNC2CCCCCC2)cc1. The first-order valence-electron chi connectivity index (χ1n) is 7.41. The van der Waals surface area contributed by atoms with Crippen molar-refractivity contribution < 1.29 is 14.6 Å². The second-order valence-corrected chi connectivity index (χ2v) is 5.40. The summed E-state index contributed by atoms with van der Waals surface area (Å²) >= 11 is 0. The lowest BCUT2D eigenvalue weighted by Crippen LogP contribution is -2.27. The topological polar surface area (TPSA) is 58.6 Å². The Morgan fingerprint density at radius 2 is 1.80 bits per heavy atom. The lowest BCUT2D eigenvalue weighted by Gasteiger charge is -2.16. The summed E-state index contributed by atoms with van der Waals surface area (Å²) in [7, 11) is 0. The van der Waals surface area contributed by atoms with Crippen LogP contribution in [0.4, 0.5) is 0 Å². The summed E-state index contributed by atoms with van der Waals surface area (Å²) in [6.07, 6.45) is 7.96. The molecule has 4 heteroatoms. The van der Waals surface area contributed by atoms with Gasteiger partial charge in [0, 0.05) is 12.6 Å². The van der Waals surface area contributed by atoms with Gasteiger partial charge in [0.05, 0.1) is 0 Å². The second-order valence-electron chi connectivity index (χ2n) is 5.40. The number of carboxylic acids is 1. The van der Waals surface area contributed by atoms with E-state index in [1.165, 1.54) is 44.1 Å². The molecular weight excluding hydrogens is 254 g/mol. The van der Waals surface area contributed by atoms with Gasteiger partial charge in [0.1, 0.15) is 5.75 Å². The minimum atomic E-state index is -0.955. The van der Waals surface area contributed by atoms with E-state index in [9.17, 15) is 4.79 Å². The largest absolute Gasteiger partial charge is 0.482 e. The van der Waals surface area contributed by atoms with Crippen molar-refractivity contribution in [1.29, 1.82) is 0 Å². The molecule has 2 rings (SSSR count). The standard InChI is InChI=1S/C16H23NO3/c18-16(19)12-20-15-9-7-13(8-10-15)11-17-14-5-3-1-2-4-6-14/h7-10,14,17H,1-6,11-12H2,(H,18,19). The van der Waals surface area contributed by atoms with Gasteiger partial charge in [-0.2, -0.15) is 0 Å². The number of rotatable bonds is 6. The highest BCUT2D eigenvalue weighted by Crippen LogP contribution is 2.18. The van der Waals surface area contributed by atoms with Crippen molar-refractivity contribution in [2.75, 3.05) is 6.61 Å². The summed E-state index contributed by atoms with van der Waals surface area (Å²) < 4.78 is 5.11. The molecule has 1 saturated carbocycles. The highest BCUT2D eigenvalue weighted by Gasteiger charge is 2.11. The molecule has 0 radical (unpaired) electrons. The first-order valence-corrected chi connectivity index (χ1v) is 7.41. The molecule has 20 heavy (non-hydrogen) atoms. The summed E-state index contributed by atoms with van der Waals surface area (Å²) in [6.45, 7) is 0.573. The van der Waals surface area contributed by atoms with Crippen molar-refractivity contribution in [3.8, 4) is 5.75 Å². The third kappa shape index (κ3) is 5.21. The van der Waals surface area contributed by atoms with Crippen LogP contribution in [0, 0.1) is 0 Å². The van der Waals surface area contributed by atoms with Crippen molar-refractivity contribution in [2.24, 2.45) is 0 Å². The minimum absolute atomic E-state index is 0.292. The molecule has 0 aromatic heterocycles. The zero-order chi connectivity index (χ0) is 14.2. The van der Waals surface area contributed by atoms with Gasteiger partial charge in [0.15, 0.2) is 6.61 Å². The Morgan fingerprint density at radius 1 is 1.15 bits per heavy atom. The fourth-order valence-electron chi connectivity index (χ4n) is 2.59. The lowest BCUT2D eigenvalue weighted by atomic mass is 10.1. The Bertz CT molecular complexity index is 408. The van der Waals surface area contributed by atoms with Gasteiger partial charge in [-0.1, -0.05) is 37.8 Å². The third-order valence-corrected chi connectivity index (χ3v) is 3.74. The number of hydrogen-bond donors (Lipinski definition) is 2. The molecule has 110 valence electrons. The molecular formula is C16H23NO3. The van der Waals surface area contributed by atoms with Crippen LogP contribution in [-0.2, 0) is 11.3 Å². The zero-order valence-corrected chi connectivity index (χ0v) is 11.8. The Morgan fingerprint density at radius 3 is 2.40 bits per heavy atom. The van der Waals surface area contributed by atoms with Crippen LogP contribution in [0.15, 0.2) is 24.3 Å². The molecule has 1 aliphatic carbocycles. The Balaban J connectivity index is 1.76. The maximum absolute atomic E-state index is 10.4. The van der Waals surface area contributed by atoms with E-state index in [1.807, 2.05) is 24.3 Å². The average molecular weight is 277 g/mol. The van der Waals surface area contributed by atoms with Crippen LogP contribution in [0.25, 0.3) is 0 Å². The lowest BCUT2D eigenvalue weighted by molar-refractivity contribution is -0.139. The second kappa shape index (κ2) is 7.90. The van der Waals surface area contributed by atoms with Crippen LogP contribution in [0.3, 0.4) is 0 Å². The summed E-state index contributed by atoms with van der Waals surface area (Å²) in [6, 6.07) is 8.27. The molecule has 0 aliphatic heterocycles. The minimum Gasteiger partial charge on any atom is -0.482 e. The molecule has 4 nitrogen and oxygen atoms in total. The first kappa shape index (κ1) is 14.9. The van der Waals surface area contributed by atoms with Gasteiger partial charge < -0.3 is 15.2 Å². The van der Waals surface area contributed by atoms with Crippen LogP contribution in [-0.4, -0.2) is 23.7 Å². The Hall–Kier alpha value is -1.55. The smallest absolute Gasteiger partial charge is 0.341 e. The molecule has 0 unspecified atom stereocenters. The summed E-state index contributed by atoms with van der Waals surface area (Å²) in [4.78, 5) is 10.4. The van der Waals surface area contributed by atoms with Gasteiger partial charge in [-0.25, -0.2) is 4.79 Å². The molecule has 0 bridgehead atoms. The molecule has 2 N–H and O–H groups in total. The summed E-state index contributed by atoms with van der Waals surface area (Å²) in [5.74, 6) is -0.352. The van der Waals surface area contributed by atoms with E-state index in [-0.39, 0.29) is 6.61 Å². The van der Waals surface area contributed by atoms with Crippen LogP contribution < -0.4 is 10.1 Å².